The molecular weight excluding hydrogens is 222 g/mol. The van der Waals surface area contributed by atoms with E-state index in [4.69, 9.17) is 5.26 Å². The van der Waals surface area contributed by atoms with Crippen molar-refractivity contribution in [3.05, 3.63) is 42.0 Å². The average molecular weight is 243 g/mol. The molecule has 0 aliphatic carbocycles. The molecule has 0 atom stereocenters. The predicted octanol–water partition coefficient (Wildman–Crippen LogP) is 2.55. The summed E-state index contributed by atoms with van der Waals surface area (Å²) in [7, 11) is 2.02. The van der Waals surface area contributed by atoms with E-state index in [-0.39, 0.29) is 0 Å². The molecular formula is C15H21N3. The summed E-state index contributed by atoms with van der Waals surface area (Å²) in [5, 5.41) is 12.2. The van der Waals surface area contributed by atoms with Crippen LogP contribution in [0.5, 0.6) is 0 Å². The van der Waals surface area contributed by atoms with Gasteiger partial charge in [-0.2, -0.15) is 5.26 Å². The summed E-state index contributed by atoms with van der Waals surface area (Å²) < 4.78 is 0. The summed E-state index contributed by atoms with van der Waals surface area (Å²) in [5.41, 5.74) is 2.88. The molecule has 0 amide bonds. The van der Waals surface area contributed by atoms with Crippen LogP contribution >= 0.6 is 0 Å². The Balaban J connectivity index is 2.51. The average Bonchev–Trinajstić information content (AvgIpc) is 2.39. The Hall–Kier alpha value is -1.79. The minimum Gasteiger partial charge on any atom is -0.371 e. The highest BCUT2D eigenvalue weighted by atomic mass is 15.1. The number of benzene rings is 1. The van der Waals surface area contributed by atoms with E-state index in [0.29, 0.717) is 5.56 Å². The normalized spacial score (nSPS) is 9.83. The fourth-order valence-electron chi connectivity index (χ4n) is 1.74. The highest BCUT2D eigenvalue weighted by molar-refractivity contribution is 5.51. The van der Waals surface area contributed by atoms with E-state index in [1.807, 2.05) is 31.3 Å². The quantitative estimate of drug-likeness (QED) is 0.591. The first-order valence-corrected chi connectivity index (χ1v) is 6.26. The number of nitrogens with zero attached hydrogens (tertiary/aromatic N) is 2. The van der Waals surface area contributed by atoms with Gasteiger partial charge in [0.1, 0.15) is 0 Å². The number of hydrogen-bond donors (Lipinski definition) is 1. The Morgan fingerprint density at radius 1 is 1.50 bits per heavy atom. The maximum atomic E-state index is 8.87. The lowest BCUT2D eigenvalue weighted by molar-refractivity contribution is 0.705. The van der Waals surface area contributed by atoms with Gasteiger partial charge in [-0.05, 0) is 36.7 Å². The summed E-state index contributed by atoms with van der Waals surface area (Å²) in [6, 6.07) is 9.78. The van der Waals surface area contributed by atoms with Gasteiger partial charge in [0.25, 0.3) is 0 Å². The molecule has 96 valence electrons. The third kappa shape index (κ3) is 4.60. The molecule has 3 heteroatoms. The minimum atomic E-state index is 0.689. The van der Waals surface area contributed by atoms with Crippen molar-refractivity contribution in [2.45, 2.75) is 13.3 Å². The zero-order valence-corrected chi connectivity index (χ0v) is 11.2. The van der Waals surface area contributed by atoms with Crippen LogP contribution in [0.3, 0.4) is 0 Å². The molecule has 1 aromatic rings. The van der Waals surface area contributed by atoms with Crippen LogP contribution in [0.4, 0.5) is 5.69 Å². The van der Waals surface area contributed by atoms with Gasteiger partial charge in [0.05, 0.1) is 11.6 Å². The van der Waals surface area contributed by atoms with E-state index in [2.05, 4.69) is 29.8 Å². The van der Waals surface area contributed by atoms with E-state index in [0.717, 1.165) is 37.3 Å². The number of anilines is 1. The minimum absolute atomic E-state index is 0.689. The van der Waals surface area contributed by atoms with E-state index < -0.39 is 0 Å². The van der Waals surface area contributed by atoms with Crippen LogP contribution in [0.1, 0.15) is 18.9 Å². The molecule has 0 spiro atoms. The fraction of sp³-hybridized carbons (Fsp3) is 0.400. The molecule has 0 saturated heterocycles. The summed E-state index contributed by atoms with van der Waals surface area (Å²) in [6.07, 6.45) is 1.13. The number of rotatable bonds is 7. The maximum Gasteiger partial charge on any atom is 0.0992 e. The fourth-order valence-corrected chi connectivity index (χ4v) is 1.74. The Morgan fingerprint density at radius 2 is 2.28 bits per heavy atom. The van der Waals surface area contributed by atoms with Crippen LogP contribution in [0.15, 0.2) is 36.4 Å². The number of nitrogens with one attached hydrogen (secondary N) is 1. The Bertz CT molecular complexity index is 432. The van der Waals surface area contributed by atoms with E-state index in [1.54, 1.807) is 0 Å². The lowest BCUT2D eigenvalue weighted by Gasteiger charge is -2.21. The molecule has 3 nitrogen and oxygen atoms in total. The van der Waals surface area contributed by atoms with Gasteiger partial charge in [0.2, 0.25) is 0 Å². The van der Waals surface area contributed by atoms with Crippen molar-refractivity contribution in [2.75, 3.05) is 31.6 Å². The van der Waals surface area contributed by atoms with E-state index in [1.165, 1.54) is 0 Å². The second kappa shape index (κ2) is 7.52. The van der Waals surface area contributed by atoms with Crippen molar-refractivity contribution in [1.29, 1.82) is 5.26 Å². The van der Waals surface area contributed by atoms with Gasteiger partial charge >= 0.3 is 0 Å². The number of hydrogen-bond acceptors (Lipinski definition) is 3. The molecule has 18 heavy (non-hydrogen) atoms. The first kappa shape index (κ1) is 14.3. The van der Waals surface area contributed by atoms with E-state index >= 15 is 0 Å². The second-order valence-corrected chi connectivity index (χ2v) is 4.44. The van der Waals surface area contributed by atoms with Gasteiger partial charge in [0, 0.05) is 25.8 Å². The molecule has 1 N–H and O–H groups in total. The SMILES string of the molecule is C=C(CNCCC)CN(C)c1cccc(C#N)c1. The zero-order chi connectivity index (χ0) is 13.4. The zero-order valence-electron chi connectivity index (χ0n) is 11.2. The van der Waals surface area contributed by atoms with Gasteiger partial charge in [-0.15, -0.1) is 0 Å². The monoisotopic (exact) mass is 243 g/mol. The van der Waals surface area contributed by atoms with Crippen LogP contribution in [-0.4, -0.2) is 26.7 Å². The molecule has 0 aromatic heterocycles. The highest BCUT2D eigenvalue weighted by Crippen LogP contribution is 2.15. The maximum absolute atomic E-state index is 8.87. The molecule has 0 heterocycles. The van der Waals surface area contributed by atoms with Crippen LogP contribution in [0.25, 0.3) is 0 Å². The predicted molar refractivity (Wildman–Crippen MR) is 76.7 cm³/mol. The van der Waals surface area contributed by atoms with Crippen LogP contribution in [-0.2, 0) is 0 Å². The molecule has 0 aliphatic rings. The van der Waals surface area contributed by atoms with Gasteiger partial charge in [0.15, 0.2) is 0 Å². The molecule has 0 unspecified atom stereocenters. The molecule has 1 rings (SSSR count). The summed E-state index contributed by atoms with van der Waals surface area (Å²) in [4.78, 5) is 2.11. The van der Waals surface area contributed by atoms with Crippen LogP contribution < -0.4 is 10.2 Å². The smallest absolute Gasteiger partial charge is 0.0992 e. The standard InChI is InChI=1S/C15H21N3/c1-4-8-17-11-13(2)12-18(3)15-7-5-6-14(9-15)10-16/h5-7,9,17H,2,4,8,11-12H2,1,3H3. The third-order valence-corrected chi connectivity index (χ3v) is 2.68. The summed E-state index contributed by atoms with van der Waals surface area (Å²) in [5.74, 6) is 0. The van der Waals surface area contributed by atoms with Crippen molar-refractivity contribution < 1.29 is 0 Å². The topological polar surface area (TPSA) is 39.1 Å². The van der Waals surface area contributed by atoms with Gasteiger partial charge < -0.3 is 10.2 Å². The van der Waals surface area contributed by atoms with Crippen molar-refractivity contribution in [3.8, 4) is 6.07 Å². The second-order valence-electron chi connectivity index (χ2n) is 4.44. The summed E-state index contributed by atoms with van der Waals surface area (Å²) in [6.45, 7) is 8.87. The van der Waals surface area contributed by atoms with Crippen molar-refractivity contribution in [1.82, 2.24) is 5.32 Å². The van der Waals surface area contributed by atoms with Crippen molar-refractivity contribution >= 4 is 5.69 Å². The van der Waals surface area contributed by atoms with Gasteiger partial charge in [-0.3, -0.25) is 0 Å². The molecule has 0 fully saturated rings. The first-order chi connectivity index (χ1) is 8.67. The molecule has 1 aromatic carbocycles. The Morgan fingerprint density at radius 3 is 2.94 bits per heavy atom. The Labute approximate surface area is 110 Å². The number of nitriles is 1. The number of likely N-dealkylation sites (N-methyl/N-ethyl adjacent to an activating group) is 1. The van der Waals surface area contributed by atoms with Gasteiger partial charge in [-0.25, -0.2) is 0 Å². The molecule has 0 saturated carbocycles. The largest absolute Gasteiger partial charge is 0.371 e. The van der Waals surface area contributed by atoms with Crippen LogP contribution in [0.2, 0.25) is 0 Å². The van der Waals surface area contributed by atoms with Gasteiger partial charge in [-0.1, -0.05) is 19.6 Å². The van der Waals surface area contributed by atoms with Crippen LogP contribution in [0, 0.1) is 11.3 Å². The van der Waals surface area contributed by atoms with Crippen molar-refractivity contribution in [3.63, 3.8) is 0 Å². The Kier molecular flexibility index (Phi) is 5.96. The summed E-state index contributed by atoms with van der Waals surface area (Å²) >= 11 is 0. The molecule has 0 radical (unpaired) electrons. The first-order valence-electron chi connectivity index (χ1n) is 6.26. The lowest BCUT2D eigenvalue weighted by atomic mass is 10.2. The van der Waals surface area contributed by atoms with Crippen molar-refractivity contribution in [2.24, 2.45) is 0 Å². The highest BCUT2D eigenvalue weighted by Gasteiger charge is 2.03. The third-order valence-electron chi connectivity index (χ3n) is 2.68. The lowest BCUT2D eigenvalue weighted by Crippen LogP contribution is -2.26. The molecule has 0 bridgehead atoms. The van der Waals surface area contributed by atoms with E-state index in [9.17, 15) is 0 Å². The molecule has 0 aliphatic heterocycles.